The minimum Gasteiger partial charge on any atom is -0.505 e. The zero-order valence-electron chi connectivity index (χ0n) is 20.3. The van der Waals surface area contributed by atoms with Crippen LogP contribution in [0, 0.1) is 0 Å². The number of pyridine rings is 1. The van der Waals surface area contributed by atoms with E-state index < -0.39 is 29.4 Å². The van der Waals surface area contributed by atoms with E-state index in [9.17, 15) is 34.8 Å². The van der Waals surface area contributed by atoms with E-state index in [0.717, 1.165) is 9.36 Å². The molecule has 15 nitrogen and oxygen atoms in total. The fraction of sp³-hybridized carbons (Fsp3) is 0.0400. The smallest absolute Gasteiger partial charge is 0.339 e. The molecule has 0 amide bonds. The fourth-order valence-electron chi connectivity index (χ4n) is 3.80. The Bertz CT molecular complexity index is 1690. The molecule has 0 saturated heterocycles. The Morgan fingerprint density at radius 1 is 0.725 bits per heavy atom. The molecule has 5 rings (SSSR count). The molecule has 0 radical (unpaired) electrons. The second-order valence-corrected chi connectivity index (χ2v) is 8.17. The van der Waals surface area contributed by atoms with E-state index in [1.807, 2.05) is 0 Å². The van der Waals surface area contributed by atoms with Crippen molar-refractivity contribution in [2.45, 2.75) is 0 Å². The van der Waals surface area contributed by atoms with Crippen LogP contribution >= 0.6 is 0 Å². The number of carbonyl (C=O) groups is 3. The standard InChI is InChI=1S/C25H17N7O8/c1-40-25(39)12-8-15(17-10-31(29-27-17)19-6-2-4-13(21(19)33)23(35)36)26-16(9-12)18-11-32(30-28-18)20-7-3-5-14(22(20)34)24(37)38/h2-11,33-34H,1H3,(H,35,36)(H,37,38). The Morgan fingerprint density at radius 3 is 1.57 bits per heavy atom. The van der Waals surface area contributed by atoms with E-state index >= 15 is 0 Å². The van der Waals surface area contributed by atoms with E-state index in [4.69, 9.17) is 4.74 Å². The molecule has 0 aliphatic carbocycles. The normalized spacial score (nSPS) is 10.8. The number of rotatable bonds is 7. The van der Waals surface area contributed by atoms with Crippen molar-refractivity contribution >= 4 is 17.9 Å². The van der Waals surface area contributed by atoms with Crippen LogP contribution < -0.4 is 0 Å². The maximum absolute atomic E-state index is 12.4. The van der Waals surface area contributed by atoms with Crippen molar-refractivity contribution in [3.8, 4) is 45.6 Å². The SMILES string of the molecule is COC(=O)c1cc(-c2cn(-c3cccc(C(=O)O)c3O)nn2)nc(-c2cn(-c3cccc(C(=O)O)c3O)nn2)c1. The molecule has 5 aromatic rings. The Kier molecular flexibility index (Phi) is 6.37. The van der Waals surface area contributed by atoms with Gasteiger partial charge >= 0.3 is 17.9 Å². The number of phenols is 2. The summed E-state index contributed by atoms with van der Waals surface area (Å²) in [5, 5.41) is 55.3. The van der Waals surface area contributed by atoms with E-state index in [-0.39, 0.29) is 50.8 Å². The zero-order chi connectivity index (χ0) is 28.6. The summed E-state index contributed by atoms with van der Waals surface area (Å²) < 4.78 is 7.14. The molecule has 3 aromatic heterocycles. The van der Waals surface area contributed by atoms with Gasteiger partial charge in [-0.05, 0) is 36.4 Å². The molecule has 0 spiro atoms. The average Bonchev–Trinajstić information content (AvgIpc) is 3.63. The van der Waals surface area contributed by atoms with Crippen molar-refractivity contribution in [3.05, 3.63) is 77.6 Å². The van der Waals surface area contributed by atoms with Gasteiger partial charge in [0.25, 0.3) is 0 Å². The number of aromatic nitrogens is 7. The summed E-state index contributed by atoms with van der Waals surface area (Å²) in [6.45, 7) is 0. The minimum absolute atomic E-state index is 0.0503. The van der Waals surface area contributed by atoms with Crippen molar-refractivity contribution in [2.24, 2.45) is 0 Å². The quantitative estimate of drug-likeness (QED) is 0.217. The van der Waals surface area contributed by atoms with Crippen LogP contribution in [0.1, 0.15) is 31.1 Å². The van der Waals surface area contributed by atoms with Gasteiger partial charge in [0.1, 0.15) is 33.9 Å². The van der Waals surface area contributed by atoms with E-state index in [0.29, 0.717) is 0 Å². The summed E-state index contributed by atoms with van der Waals surface area (Å²) in [5.41, 5.74) is 0.155. The lowest BCUT2D eigenvalue weighted by molar-refractivity contribution is 0.0599. The Labute approximate surface area is 223 Å². The summed E-state index contributed by atoms with van der Waals surface area (Å²) >= 11 is 0. The van der Waals surface area contributed by atoms with Gasteiger partial charge in [0, 0.05) is 0 Å². The number of nitrogens with zero attached hydrogens (tertiary/aromatic N) is 7. The highest BCUT2D eigenvalue weighted by Crippen LogP contribution is 2.29. The molecule has 2 aromatic carbocycles. The number of hydrogen-bond acceptors (Lipinski definition) is 11. The number of para-hydroxylation sites is 2. The molecule has 200 valence electrons. The van der Waals surface area contributed by atoms with Crippen LogP contribution in [0.4, 0.5) is 0 Å². The molecule has 40 heavy (non-hydrogen) atoms. The van der Waals surface area contributed by atoms with Crippen LogP contribution in [0.25, 0.3) is 34.2 Å². The van der Waals surface area contributed by atoms with Crippen LogP contribution in [0.3, 0.4) is 0 Å². The maximum Gasteiger partial charge on any atom is 0.339 e. The van der Waals surface area contributed by atoms with Gasteiger partial charge in [0.2, 0.25) is 0 Å². The summed E-state index contributed by atoms with van der Waals surface area (Å²) in [4.78, 5) is 39.7. The molecule has 0 saturated carbocycles. The lowest BCUT2D eigenvalue weighted by atomic mass is 10.1. The van der Waals surface area contributed by atoms with Crippen LogP contribution in [-0.4, -0.2) is 80.4 Å². The van der Waals surface area contributed by atoms with Crippen molar-refractivity contribution in [3.63, 3.8) is 0 Å². The summed E-state index contributed by atoms with van der Waals surface area (Å²) in [6.07, 6.45) is 2.75. The first-order valence-corrected chi connectivity index (χ1v) is 11.2. The predicted molar refractivity (Wildman–Crippen MR) is 134 cm³/mol. The van der Waals surface area contributed by atoms with Gasteiger partial charge in [-0.15, -0.1) is 10.2 Å². The molecule has 15 heteroatoms. The molecule has 0 aliphatic rings. The highest BCUT2D eigenvalue weighted by Gasteiger charge is 2.20. The molecule has 4 N–H and O–H groups in total. The Balaban J connectivity index is 1.57. The second-order valence-electron chi connectivity index (χ2n) is 8.17. The Hall–Kier alpha value is -6.12. The topological polar surface area (TPSA) is 216 Å². The number of esters is 1. The first-order valence-electron chi connectivity index (χ1n) is 11.2. The highest BCUT2D eigenvalue weighted by atomic mass is 16.5. The molecule has 3 heterocycles. The van der Waals surface area contributed by atoms with Gasteiger partial charge in [-0.3, -0.25) is 0 Å². The lowest BCUT2D eigenvalue weighted by Gasteiger charge is -2.06. The molecule has 0 atom stereocenters. The largest absolute Gasteiger partial charge is 0.505 e. The number of hydrogen-bond donors (Lipinski definition) is 4. The van der Waals surface area contributed by atoms with Gasteiger partial charge in [-0.2, -0.15) is 0 Å². The van der Waals surface area contributed by atoms with Gasteiger partial charge in [0.15, 0.2) is 11.5 Å². The van der Waals surface area contributed by atoms with Crippen LogP contribution in [-0.2, 0) is 4.74 Å². The average molecular weight is 543 g/mol. The number of ether oxygens (including phenoxy) is 1. The molecule has 0 bridgehead atoms. The lowest BCUT2D eigenvalue weighted by Crippen LogP contribution is -2.03. The summed E-state index contributed by atoms with van der Waals surface area (Å²) in [7, 11) is 1.20. The molecular weight excluding hydrogens is 526 g/mol. The van der Waals surface area contributed by atoms with E-state index in [1.165, 1.54) is 68.0 Å². The molecule has 0 fully saturated rings. The molecule has 0 unspecified atom stereocenters. The van der Waals surface area contributed by atoms with E-state index in [1.54, 1.807) is 0 Å². The highest BCUT2D eigenvalue weighted by molar-refractivity contribution is 5.93. The van der Waals surface area contributed by atoms with E-state index in [2.05, 4.69) is 25.6 Å². The molecular formula is C25H17N7O8. The number of aromatic carboxylic acids is 2. The molecule has 0 aliphatic heterocycles. The van der Waals surface area contributed by atoms with Gasteiger partial charge in [-0.1, -0.05) is 22.6 Å². The third-order valence-electron chi connectivity index (χ3n) is 5.74. The first kappa shape index (κ1) is 25.5. The van der Waals surface area contributed by atoms with Crippen molar-refractivity contribution in [1.29, 1.82) is 0 Å². The van der Waals surface area contributed by atoms with Crippen LogP contribution in [0.2, 0.25) is 0 Å². The van der Waals surface area contributed by atoms with Crippen molar-refractivity contribution in [1.82, 2.24) is 35.0 Å². The van der Waals surface area contributed by atoms with Gasteiger partial charge < -0.3 is 25.2 Å². The zero-order valence-corrected chi connectivity index (χ0v) is 20.3. The number of carbonyl (C=O) groups excluding carboxylic acids is 1. The number of carboxylic acid groups (broad SMARTS) is 2. The van der Waals surface area contributed by atoms with Crippen LogP contribution in [0.5, 0.6) is 11.5 Å². The number of aromatic hydroxyl groups is 2. The maximum atomic E-state index is 12.4. The first-order chi connectivity index (χ1) is 19.2. The second kappa shape index (κ2) is 9.97. The Morgan fingerprint density at radius 2 is 1.18 bits per heavy atom. The summed E-state index contributed by atoms with van der Waals surface area (Å²) in [6, 6.07) is 11.0. The third-order valence-corrected chi connectivity index (χ3v) is 5.74. The number of benzene rings is 2. The van der Waals surface area contributed by atoms with Crippen molar-refractivity contribution < 1.29 is 39.5 Å². The minimum atomic E-state index is -1.33. The number of carboxylic acids is 2. The predicted octanol–water partition coefficient (Wildman–Crippen LogP) is 2.17. The number of methoxy groups -OCH3 is 1. The third kappa shape index (κ3) is 4.53. The van der Waals surface area contributed by atoms with Gasteiger partial charge in [-0.25, -0.2) is 28.7 Å². The summed E-state index contributed by atoms with van der Waals surface area (Å²) in [5.74, 6) is -4.38. The van der Waals surface area contributed by atoms with Crippen LogP contribution in [0.15, 0.2) is 60.9 Å². The monoisotopic (exact) mass is 543 g/mol. The fourth-order valence-corrected chi connectivity index (χ4v) is 3.80. The van der Waals surface area contributed by atoms with Crippen molar-refractivity contribution in [2.75, 3.05) is 7.11 Å². The van der Waals surface area contributed by atoms with Gasteiger partial charge in [0.05, 0.1) is 36.5 Å².